The van der Waals surface area contributed by atoms with E-state index in [9.17, 15) is 0 Å². The number of aromatic nitrogens is 1. The third-order valence-electron chi connectivity index (χ3n) is 3.54. The fourth-order valence-corrected chi connectivity index (χ4v) is 4.96. The number of benzene rings is 1. The number of rotatable bonds is 6. The summed E-state index contributed by atoms with van der Waals surface area (Å²) in [7, 11) is 2.17. The SMILES string of the molecule is Cc1ccc(CSc2ccc(CSc3cccs3)n2C)cc1. The van der Waals surface area contributed by atoms with E-state index in [0.717, 1.165) is 11.5 Å². The summed E-state index contributed by atoms with van der Waals surface area (Å²) in [5.74, 6) is 2.05. The second kappa shape index (κ2) is 7.44. The van der Waals surface area contributed by atoms with Crippen molar-refractivity contribution in [1.82, 2.24) is 4.57 Å². The predicted octanol–water partition coefficient (Wildman–Crippen LogP) is 5.98. The Hall–Kier alpha value is -1.10. The molecular weight excluding hydrogens is 326 g/mol. The Morgan fingerprint density at radius 1 is 0.955 bits per heavy atom. The van der Waals surface area contributed by atoms with Crippen LogP contribution < -0.4 is 0 Å². The number of nitrogens with zero attached hydrogens (tertiary/aromatic N) is 1. The van der Waals surface area contributed by atoms with Crippen LogP contribution in [0.1, 0.15) is 16.8 Å². The molecule has 1 aromatic carbocycles. The molecule has 22 heavy (non-hydrogen) atoms. The van der Waals surface area contributed by atoms with Gasteiger partial charge in [-0.2, -0.15) is 0 Å². The summed E-state index contributed by atoms with van der Waals surface area (Å²) in [4.78, 5) is 0. The van der Waals surface area contributed by atoms with E-state index in [1.165, 1.54) is 26.1 Å². The first-order valence-electron chi connectivity index (χ1n) is 7.21. The first-order valence-corrected chi connectivity index (χ1v) is 10.1. The van der Waals surface area contributed by atoms with E-state index < -0.39 is 0 Å². The van der Waals surface area contributed by atoms with Crippen molar-refractivity contribution in [3.8, 4) is 0 Å². The van der Waals surface area contributed by atoms with Gasteiger partial charge in [-0.3, -0.25) is 0 Å². The molecule has 0 atom stereocenters. The summed E-state index contributed by atoms with van der Waals surface area (Å²) < 4.78 is 3.70. The van der Waals surface area contributed by atoms with Gasteiger partial charge in [-0.05, 0) is 36.1 Å². The molecule has 4 heteroatoms. The summed E-state index contributed by atoms with van der Waals surface area (Å²) in [6.07, 6.45) is 0. The lowest BCUT2D eigenvalue weighted by molar-refractivity contribution is 0.790. The number of hydrogen-bond acceptors (Lipinski definition) is 3. The summed E-state index contributed by atoms with van der Waals surface area (Å²) in [5, 5.41) is 3.47. The van der Waals surface area contributed by atoms with Crippen molar-refractivity contribution in [3.63, 3.8) is 0 Å². The van der Waals surface area contributed by atoms with E-state index in [4.69, 9.17) is 0 Å². The lowest BCUT2D eigenvalue weighted by Crippen LogP contribution is -1.96. The standard InChI is InChI=1S/C18H19NS3/c1-14-5-7-15(8-6-14)12-21-17-10-9-16(19(17)2)13-22-18-4-3-11-20-18/h3-11H,12-13H2,1-2H3. The van der Waals surface area contributed by atoms with Crippen molar-refractivity contribution in [2.24, 2.45) is 7.05 Å². The first kappa shape index (κ1) is 15.8. The van der Waals surface area contributed by atoms with Crippen LogP contribution in [0.5, 0.6) is 0 Å². The van der Waals surface area contributed by atoms with Crippen molar-refractivity contribution < 1.29 is 0 Å². The van der Waals surface area contributed by atoms with Gasteiger partial charge in [0.05, 0.1) is 9.24 Å². The van der Waals surface area contributed by atoms with Gasteiger partial charge in [0.2, 0.25) is 0 Å². The topological polar surface area (TPSA) is 4.93 Å². The van der Waals surface area contributed by atoms with Crippen LogP contribution in [0.15, 0.2) is 63.1 Å². The normalized spacial score (nSPS) is 11.0. The van der Waals surface area contributed by atoms with Gasteiger partial charge in [-0.25, -0.2) is 0 Å². The van der Waals surface area contributed by atoms with Crippen LogP contribution in [-0.4, -0.2) is 4.57 Å². The lowest BCUT2D eigenvalue weighted by Gasteiger charge is -2.07. The molecule has 1 nitrogen and oxygen atoms in total. The Labute approximate surface area is 144 Å². The van der Waals surface area contributed by atoms with Gasteiger partial charge in [0.25, 0.3) is 0 Å². The summed E-state index contributed by atoms with van der Waals surface area (Å²) in [5.41, 5.74) is 4.08. The Balaban J connectivity index is 1.59. The Bertz CT molecular complexity index is 711. The van der Waals surface area contributed by atoms with Crippen LogP contribution in [0.3, 0.4) is 0 Å². The minimum absolute atomic E-state index is 1.02. The van der Waals surface area contributed by atoms with Gasteiger partial charge in [-0.15, -0.1) is 34.9 Å². The molecule has 3 aromatic rings. The summed E-state index contributed by atoms with van der Waals surface area (Å²) in [6, 6.07) is 17.6. The molecule has 0 unspecified atom stereocenters. The number of thioether (sulfide) groups is 2. The summed E-state index contributed by atoms with van der Waals surface area (Å²) >= 11 is 5.63. The molecule has 0 saturated heterocycles. The number of thiophene rings is 1. The molecule has 0 N–H and O–H groups in total. The smallest absolute Gasteiger partial charge is 0.0751 e. The van der Waals surface area contributed by atoms with Gasteiger partial charge in [0.1, 0.15) is 0 Å². The molecule has 3 rings (SSSR count). The van der Waals surface area contributed by atoms with E-state index in [1.807, 2.05) is 34.9 Å². The van der Waals surface area contributed by atoms with E-state index in [1.54, 1.807) is 0 Å². The zero-order chi connectivity index (χ0) is 15.4. The van der Waals surface area contributed by atoms with Crippen LogP contribution in [0.4, 0.5) is 0 Å². The van der Waals surface area contributed by atoms with E-state index >= 15 is 0 Å². The van der Waals surface area contributed by atoms with Gasteiger partial charge in [-0.1, -0.05) is 35.9 Å². The fourth-order valence-electron chi connectivity index (χ4n) is 2.15. The molecule has 114 valence electrons. The van der Waals surface area contributed by atoms with Crippen molar-refractivity contribution in [1.29, 1.82) is 0 Å². The van der Waals surface area contributed by atoms with E-state index in [0.29, 0.717) is 0 Å². The molecule has 0 amide bonds. The fraction of sp³-hybridized carbons (Fsp3) is 0.222. The predicted molar refractivity (Wildman–Crippen MR) is 100 cm³/mol. The molecule has 0 aliphatic rings. The maximum absolute atomic E-state index is 2.32. The molecule has 0 saturated carbocycles. The molecular formula is C18H19NS3. The highest BCUT2D eigenvalue weighted by atomic mass is 32.2. The van der Waals surface area contributed by atoms with E-state index in [2.05, 4.69) is 72.4 Å². The highest BCUT2D eigenvalue weighted by molar-refractivity contribution is 8.00. The maximum atomic E-state index is 2.32. The molecule has 0 aliphatic carbocycles. The molecule has 0 spiro atoms. The van der Waals surface area contributed by atoms with E-state index in [-0.39, 0.29) is 0 Å². The molecule has 0 aliphatic heterocycles. The number of aryl methyl sites for hydroxylation is 1. The monoisotopic (exact) mass is 345 g/mol. The van der Waals surface area contributed by atoms with Crippen LogP contribution in [0.2, 0.25) is 0 Å². The highest BCUT2D eigenvalue weighted by Crippen LogP contribution is 2.30. The van der Waals surface area contributed by atoms with Gasteiger partial charge < -0.3 is 4.57 Å². The van der Waals surface area contributed by atoms with Gasteiger partial charge in [0.15, 0.2) is 0 Å². The minimum atomic E-state index is 1.02. The van der Waals surface area contributed by atoms with Crippen molar-refractivity contribution in [2.45, 2.75) is 27.7 Å². The Morgan fingerprint density at radius 3 is 2.50 bits per heavy atom. The number of hydrogen-bond donors (Lipinski definition) is 0. The Morgan fingerprint density at radius 2 is 1.77 bits per heavy atom. The van der Waals surface area contributed by atoms with Crippen molar-refractivity contribution in [2.75, 3.05) is 0 Å². The average Bonchev–Trinajstić information content (AvgIpc) is 3.15. The third-order valence-corrected chi connectivity index (χ3v) is 6.89. The van der Waals surface area contributed by atoms with Gasteiger partial charge >= 0.3 is 0 Å². The van der Waals surface area contributed by atoms with Crippen LogP contribution in [-0.2, 0) is 18.6 Å². The lowest BCUT2D eigenvalue weighted by atomic mass is 10.2. The van der Waals surface area contributed by atoms with Crippen LogP contribution in [0.25, 0.3) is 0 Å². The van der Waals surface area contributed by atoms with Gasteiger partial charge in [0, 0.05) is 24.2 Å². The molecule has 0 fully saturated rings. The second-order valence-electron chi connectivity index (χ2n) is 5.22. The molecule has 2 heterocycles. The zero-order valence-electron chi connectivity index (χ0n) is 12.8. The second-order valence-corrected chi connectivity index (χ2v) is 8.44. The maximum Gasteiger partial charge on any atom is 0.0751 e. The zero-order valence-corrected chi connectivity index (χ0v) is 15.2. The average molecular weight is 346 g/mol. The minimum Gasteiger partial charge on any atom is -0.342 e. The van der Waals surface area contributed by atoms with Crippen molar-refractivity contribution in [3.05, 3.63) is 70.7 Å². The largest absolute Gasteiger partial charge is 0.342 e. The quantitative estimate of drug-likeness (QED) is 0.506. The van der Waals surface area contributed by atoms with Crippen LogP contribution >= 0.6 is 34.9 Å². The van der Waals surface area contributed by atoms with Crippen LogP contribution in [0, 0.1) is 6.92 Å². The molecule has 0 radical (unpaired) electrons. The van der Waals surface area contributed by atoms with Crippen molar-refractivity contribution >= 4 is 34.9 Å². The highest BCUT2D eigenvalue weighted by Gasteiger charge is 2.06. The first-order chi connectivity index (χ1) is 10.7. The third kappa shape index (κ3) is 4.00. The molecule has 2 aromatic heterocycles. The summed E-state index contributed by atoms with van der Waals surface area (Å²) in [6.45, 7) is 2.13. The Kier molecular flexibility index (Phi) is 5.34. The molecule has 0 bridgehead atoms.